The first kappa shape index (κ1) is 13.1. The first-order chi connectivity index (χ1) is 7.80. The van der Waals surface area contributed by atoms with Gasteiger partial charge in [0.25, 0.3) is 0 Å². The van der Waals surface area contributed by atoms with E-state index in [9.17, 15) is 0 Å². The molecule has 2 N–H and O–H groups in total. The van der Waals surface area contributed by atoms with E-state index < -0.39 is 0 Å². The number of aromatic nitrogens is 3. The van der Waals surface area contributed by atoms with Crippen molar-refractivity contribution in [3.8, 4) is 0 Å². The van der Waals surface area contributed by atoms with Crippen LogP contribution in [-0.4, -0.2) is 33.3 Å². The first-order valence-corrected chi connectivity index (χ1v) is 6.00. The minimum atomic E-state index is 0.101. The number of aliphatic hydroxyl groups excluding tert-OH is 1. The van der Waals surface area contributed by atoms with Crippen molar-refractivity contribution in [2.45, 2.75) is 39.8 Å². The molecule has 5 heteroatoms. The van der Waals surface area contributed by atoms with Gasteiger partial charge in [-0.25, -0.2) is 4.68 Å². The van der Waals surface area contributed by atoms with Crippen molar-refractivity contribution >= 4 is 0 Å². The Morgan fingerprint density at radius 1 is 1.44 bits per heavy atom. The lowest BCUT2D eigenvalue weighted by Gasteiger charge is -2.11. The van der Waals surface area contributed by atoms with Crippen LogP contribution in [0.15, 0.2) is 6.20 Å². The summed E-state index contributed by atoms with van der Waals surface area (Å²) in [6, 6.07) is 0. The van der Waals surface area contributed by atoms with Gasteiger partial charge in [0.15, 0.2) is 0 Å². The summed E-state index contributed by atoms with van der Waals surface area (Å²) in [6.45, 7) is 6.83. The van der Waals surface area contributed by atoms with E-state index in [1.54, 1.807) is 4.68 Å². The van der Waals surface area contributed by atoms with Crippen molar-refractivity contribution in [1.29, 1.82) is 0 Å². The fraction of sp³-hybridized carbons (Fsp3) is 0.818. The van der Waals surface area contributed by atoms with E-state index in [1.165, 1.54) is 12.8 Å². The van der Waals surface area contributed by atoms with Crippen molar-refractivity contribution in [2.75, 3.05) is 13.2 Å². The Bertz CT molecular complexity index is 283. The van der Waals surface area contributed by atoms with Gasteiger partial charge in [0, 0.05) is 12.7 Å². The van der Waals surface area contributed by atoms with Gasteiger partial charge in [0.2, 0.25) is 0 Å². The van der Waals surface area contributed by atoms with Gasteiger partial charge in [-0.1, -0.05) is 31.9 Å². The van der Waals surface area contributed by atoms with E-state index in [0.717, 1.165) is 24.7 Å². The smallest absolute Gasteiger partial charge is 0.0964 e. The fourth-order valence-electron chi connectivity index (χ4n) is 1.61. The highest BCUT2D eigenvalue weighted by atomic mass is 16.3. The SMILES string of the molecule is CCC(CC)CNCc1cn(CCO)nn1. The number of rotatable bonds is 8. The molecule has 0 saturated carbocycles. The number of nitrogens with one attached hydrogen (secondary N) is 1. The van der Waals surface area contributed by atoms with E-state index in [-0.39, 0.29) is 6.61 Å². The molecule has 0 unspecified atom stereocenters. The third-order valence-corrected chi connectivity index (χ3v) is 2.81. The van der Waals surface area contributed by atoms with Crippen LogP contribution in [0.4, 0.5) is 0 Å². The highest BCUT2D eigenvalue weighted by Gasteiger charge is 2.04. The van der Waals surface area contributed by atoms with Crippen LogP contribution in [0.3, 0.4) is 0 Å². The summed E-state index contributed by atoms with van der Waals surface area (Å²) in [6.07, 6.45) is 4.29. The van der Waals surface area contributed by atoms with Crippen molar-refractivity contribution in [3.05, 3.63) is 11.9 Å². The Morgan fingerprint density at radius 3 is 2.81 bits per heavy atom. The van der Waals surface area contributed by atoms with Gasteiger partial charge < -0.3 is 10.4 Å². The van der Waals surface area contributed by atoms with Crippen molar-refractivity contribution in [1.82, 2.24) is 20.3 Å². The maximum Gasteiger partial charge on any atom is 0.0964 e. The Labute approximate surface area is 96.9 Å². The summed E-state index contributed by atoms with van der Waals surface area (Å²) in [5.41, 5.74) is 0.930. The first-order valence-electron chi connectivity index (χ1n) is 6.00. The Kier molecular flexibility index (Phi) is 6.03. The van der Waals surface area contributed by atoms with Gasteiger partial charge in [-0.3, -0.25) is 0 Å². The lowest BCUT2D eigenvalue weighted by Crippen LogP contribution is -2.21. The molecule has 0 bridgehead atoms. The molecule has 0 aromatic carbocycles. The van der Waals surface area contributed by atoms with E-state index in [2.05, 4.69) is 29.5 Å². The van der Waals surface area contributed by atoms with Gasteiger partial charge in [-0.15, -0.1) is 5.10 Å². The topological polar surface area (TPSA) is 63.0 Å². The summed E-state index contributed by atoms with van der Waals surface area (Å²) >= 11 is 0. The van der Waals surface area contributed by atoms with E-state index >= 15 is 0 Å². The summed E-state index contributed by atoms with van der Waals surface area (Å²) in [7, 11) is 0. The van der Waals surface area contributed by atoms with Crippen LogP contribution < -0.4 is 5.32 Å². The monoisotopic (exact) mass is 226 g/mol. The zero-order valence-corrected chi connectivity index (χ0v) is 10.2. The predicted molar refractivity (Wildman–Crippen MR) is 62.9 cm³/mol. The summed E-state index contributed by atoms with van der Waals surface area (Å²) in [5.74, 6) is 0.743. The van der Waals surface area contributed by atoms with Gasteiger partial charge in [-0.05, 0) is 12.5 Å². The lowest BCUT2D eigenvalue weighted by atomic mass is 10.0. The number of hydrogen-bond donors (Lipinski definition) is 2. The molecule has 1 rings (SSSR count). The quantitative estimate of drug-likeness (QED) is 0.688. The minimum absolute atomic E-state index is 0.101. The normalized spacial score (nSPS) is 11.2. The zero-order chi connectivity index (χ0) is 11.8. The van der Waals surface area contributed by atoms with Crippen molar-refractivity contribution in [2.24, 2.45) is 5.92 Å². The molecule has 16 heavy (non-hydrogen) atoms. The largest absolute Gasteiger partial charge is 0.394 e. The maximum atomic E-state index is 8.74. The third kappa shape index (κ3) is 4.28. The molecule has 0 aliphatic heterocycles. The number of aliphatic hydroxyl groups is 1. The van der Waals surface area contributed by atoms with Gasteiger partial charge in [0.1, 0.15) is 0 Å². The molecule has 0 atom stereocenters. The van der Waals surface area contributed by atoms with E-state index in [0.29, 0.717) is 6.54 Å². The molecular weight excluding hydrogens is 204 g/mol. The standard InChI is InChI=1S/C11H22N4O/c1-3-10(4-2)7-12-8-11-9-15(5-6-16)14-13-11/h9-10,12,16H,3-8H2,1-2H3. The molecule has 5 nitrogen and oxygen atoms in total. The Balaban J connectivity index is 2.25. The lowest BCUT2D eigenvalue weighted by molar-refractivity contribution is 0.268. The van der Waals surface area contributed by atoms with Crippen LogP contribution in [0, 0.1) is 5.92 Å². The molecule has 0 aliphatic rings. The van der Waals surface area contributed by atoms with Gasteiger partial charge in [0.05, 0.1) is 18.8 Å². The van der Waals surface area contributed by atoms with Crippen LogP contribution in [0.2, 0.25) is 0 Å². The van der Waals surface area contributed by atoms with Crippen molar-refractivity contribution in [3.63, 3.8) is 0 Å². The number of nitrogens with zero attached hydrogens (tertiary/aromatic N) is 3. The summed E-state index contributed by atoms with van der Waals surface area (Å²) in [5, 5.41) is 20.1. The highest BCUT2D eigenvalue weighted by molar-refractivity contribution is 4.91. The molecule has 1 aromatic rings. The van der Waals surface area contributed by atoms with E-state index in [4.69, 9.17) is 5.11 Å². The molecule has 0 aliphatic carbocycles. The fourth-order valence-corrected chi connectivity index (χ4v) is 1.61. The average Bonchev–Trinajstić information content (AvgIpc) is 2.73. The van der Waals surface area contributed by atoms with Crippen LogP contribution in [-0.2, 0) is 13.1 Å². The molecule has 0 fully saturated rings. The Morgan fingerprint density at radius 2 is 2.19 bits per heavy atom. The van der Waals surface area contributed by atoms with Gasteiger partial charge >= 0.3 is 0 Å². The molecular formula is C11H22N4O. The van der Waals surface area contributed by atoms with Crippen LogP contribution in [0.5, 0.6) is 0 Å². The van der Waals surface area contributed by atoms with Crippen molar-refractivity contribution < 1.29 is 5.11 Å². The molecule has 0 saturated heterocycles. The Hall–Kier alpha value is -0.940. The molecule has 0 amide bonds. The van der Waals surface area contributed by atoms with Crippen LogP contribution in [0.25, 0.3) is 0 Å². The third-order valence-electron chi connectivity index (χ3n) is 2.81. The van der Waals surface area contributed by atoms with Crippen LogP contribution in [0.1, 0.15) is 32.4 Å². The maximum absolute atomic E-state index is 8.74. The zero-order valence-electron chi connectivity index (χ0n) is 10.2. The molecule has 0 radical (unpaired) electrons. The second kappa shape index (κ2) is 7.35. The summed E-state index contributed by atoms with van der Waals surface area (Å²) in [4.78, 5) is 0. The molecule has 92 valence electrons. The van der Waals surface area contributed by atoms with Gasteiger partial charge in [-0.2, -0.15) is 0 Å². The molecule has 0 spiro atoms. The predicted octanol–water partition coefficient (Wildman–Crippen LogP) is 0.796. The van der Waals surface area contributed by atoms with E-state index in [1.807, 2.05) is 6.20 Å². The average molecular weight is 226 g/mol. The molecule has 1 heterocycles. The number of hydrogen-bond acceptors (Lipinski definition) is 4. The minimum Gasteiger partial charge on any atom is -0.394 e. The summed E-state index contributed by atoms with van der Waals surface area (Å²) < 4.78 is 1.66. The van der Waals surface area contributed by atoms with Crippen LogP contribution >= 0.6 is 0 Å². The highest BCUT2D eigenvalue weighted by Crippen LogP contribution is 2.05. The second-order valence-corrected chi connectivity index (χ2v) is 4.01. The second-order valence-electron chi connectivity index (χ2n) is 4.01. The molecule has 1 aromatic heterocycles.